The molecular formula is C28H26N2O3. The molecule has 2 saturated heterocycles. The number of hydrogen-bond donors (Lipinski definition) is 1. The molecule has 5 rings (SSSR count). The Morgan fingerprint density at radius 3 is 2.12 bits per heavy atom. The Bertz CT molecular complexity index is 1160. The number of aliphatic hydroxyl groups is 1. The third kappa shape index (κ3) is 4.08. The van der Waals surface area contributed by atoms with Crippen LogP contribution in [-0.2, 0) is 4.79 Å². The predicted octanol–water partition coefficient (Wildman–Crippen LogP) is 3.67. The number of carbonyl (C=O) groups excluding carboxylic acids is 2. The molecule has 166 valence electrons. The molecule has 0 bridgehead atoms. The number of benzene rings is 3. The summed E-state index contributed by atoms with van der Waals surface area (Å²) < 4.78 is 0. The Morgan fingerprint density at radius 1 is 0.879 bits per heavy atom. The van der Waals surface area contributed by atoms with Crippen LogP contribution in [0.25, 0.3) is 12.2 Å². The monoisotopic (exact) mass is 438 g/mol. The molecule has 3 aromatic rings. The number of amides is 2. The number of fused-ring (bicyclic) bond motifs is 1. The minimum Gasteiger partial charge on any atom is -0.394 e. The first-order valence-electron chi connectivity index (χ1n) is 11.2. The van der Waals surface area contributed by atoms with Gasteiger partial charge in [0.15, 0.2) is 0 Å². The fourth-order valence-corrected chi connectivity index (χ4v) is 5.00. The third-order valence-electron chi connectivity index (χ3n) is 6.65. The van der Waals surface area contributed by atoms with Crippen molar-refractivity contribution in [3.63, 3.8) is 0 Å². The molecule has 0 aliphatic carbocycles. The SMILES string of the molecule is O=C(c1ccccc1)N1CC(=O)N2[C@H](CO)[C@@H](c3ccc(/C=C/c4ccccc4)cc3)[C@H]2C1. The van der Waals surface area contributed by atoms with Gasteiger partial charge in [-0.1, -0.05) is 84.9 Å². The van der Waals surface area contributed by atoms with Gasteiger partial charge in [0, 0.05) is 18.0 Å². The summed E-state index contributed by atoms with van der Waals surface area (Å²) in [5.41, 5.74) is 3.89. The lowest BCUT2D eigenvalue weighted by Crippen LogP contribution is -2.73. The number of nitrogens with zero attached hydrogens (tertiary/aromatic N) is 2. The van der Waals surface area contributed by atoms with Gasteiger partial charge in [-0.15, -0.1) is 0 Å². The van der Waals surface area contributed by atoms with Crippen LogP contribution in [0.3, 0.4) is 0 Å². The molecular weight excluding hydrogens is 412 g/mol. The van der Waals surface area contributed by atoms with Crippen LogP contribution < -0.4 is 0 Å². The Kier molecular flexibility index (Phi) is 5.80. The Labute approximate surface area is 193 Å². The fourth-order valence-electron chi connectivity index (χ4n) is 5.00. The van der Waals surface area contributed by atoms with Gasteiger partial charge < -0.3 is 14.9 Å². The van der Waals surface area contributed by atoms with Gasteiger partial charge in [0.1, 0.15) is 6.54 Å². The normalized spacial score (nSPS) is 22.2. The van der Waals surface area contributed by atoms with E-state index in [1.54, 1.807) is 21.9 Å². The summed E-state index contributed by atoms with van der Waals surface area (Å²) in [6, 6.07) is 27.1. The second kappa shape index (κ2) is 9.04. The van der Waals surface area contributed by atoms with Crippen molar-refractivity contribution in [3.8, 4) is 0 Å². The number of rotatable bonds is 5. The maximum atomic E-state index is 12.9. The molecule has 5 heteroatoms. The second-order valence-corrected chi connectivity index (χ2v) is 8.61. The zero-order chi connectivity index (χ0) is 22.8. The van der Waals surface area contributed by atoms with Crippen molar-refractivity contribution in [3.05, 3.63) is 107 Å². The largest absolute Gasteiger partial charge is 0.394 e. The van der Waals surface area contributed by atoms with E-state index in [0.717, 1.165) is 16.7 Å². The highest BCUT2D eigenvalue weighted by Crippen LogP contribution is 2.43. The first kappa shape index (κ1) is 21.2. The number of piperazine rings is 1. The molecule has 0 aromatic heterocycles. The molecule has 3 atom stereocenters. The summed E-state index contributed by atoms with van der Waals surface area (Å²) in [5, 5.41) is 10.0. The number of carbonyl (C=O) groups is 2. The summed E-state index contributed by atoms with van der Waals surface area (Å²) in [5.74, 6) is -0.234. The van der Waals surface area contributed by atoms with Crippen molar-refractivity contribution in [1.29, 1.82) is 0 Å². The third-order valence-corrected chi connectivity index (χ3v) is 6.65. The molecule has 0 unspecified atom stereocenters. The topological polar surface area (TPSA) is 60.9 Å². The highest BCUT2D eigenvalue weighted by atomic mass is 16.3. The molecule has 1 N–H and O–H groups in total. The predicted molar refractivity (Wildman–Crippen MR) is 128 cm³/mol. The van der Waals surface area contributed by atoms with Crippen LogP contribution in [-0.4, -0.2) is 58.5 Å². The van der Waals surface area contributed by atoms with Crippen LogP contribution in [0.4, 0.5) is 0 Å². The summed E-state index contributed by atoms with van der Waals surface area (Å²) in [6.07, 6.45) is 4.14. The number of aliphatic hydroxyl groups excluding tert-OH is 1. The van der Waals surface area contributed by atoms with E-state index in [1.807, 2.05) is 36.4 Å². The molecule has 0 saturated carbocycles. The first-order chi connectivity index (χ1) is 16.2. The second-order valence-electron chi connectivity index (χ2n) is 8.61. The van der Waals surface area contributed by atoms with Crippen molar-refractivity contribution in [2.45, 2.75) is 18.0 Å². The van der Waals surface area contributed by atoms with Gasteiger partial charge in [0.25, 0.3) is 5.91 Å². The van der Waals surface area contributed by atoms with Gasteiger partial charge in [-0.3, -0.25) is 9.59 Å². The van der Waals surface area contributed by atoms with Crippen molar-refractivity contribution < 1.29 is 14.7 Å². The highest BCUT2D eigenvalue weighted by Gasteiger charge is 2.54. The highest BCUT2D eigenvalue weighted by molar-refractivity contribution is 5.97. The molecule has 33 heavy (non-hydrogen) atoms. The summed E-state index contributed by atoms with van der Waals surface area (Å²) >= 11 is 0. The van der Waals surface area contributed by atoms with Gasteiger partial charge in [-0.05, 0) is 28.8 Å². The lowest BCUT2D eigenvalue weighted by Gasteiger charge is -2.58. The van der Waals surface area contributed by atoms with Crippen molar-refractivity contribution >= 4 is 24.0 Å². The van der Waals surface area contributed by atoms with Gasteiger partial charge in [-0.25, -0.2) is 0 Å². The van der Waals surface area contributed by atoms with E-state index < -0.39 is 0 Å². The van der Waals surface area contributed by atoms with Crippen molar-refractivity contribution in [2.75, 3.05) is 19.7 Å². The van der Waals surface area contributed by atoms with Crippen molar-refractivity contribution in [2.24, 2.45) is 0 Å². The standard InChI is InChI=1S/C28H26N2O3/c31-19-25-27(22-15-13-21(14-16-22)12-11-20-7-3-1-4-8-20)24-17-29(18-26(32)30(24)25)28(33)23-9-5-2-6-10-23/h1-16,24-25,27,31H,17-19H2/b12-11+/t24-,25-,27+/m1/s1. The average molecular weight is 439 g/mol. The summed E-state index contributed by atoms with van der Waals surface area (Å²) in [6.45, 7) is 0.433. The molecule has 2 aliphatic heterocycles. The lowest BCUT2D eigenvalue weighted by atomic mass is 9.73. The molecule has 3 aromatic carbocycles. The van der Waals surface area contributed by atoms with E-state index >= 15 is 0 Å². The zero-order valence-corrected chi connectivity index (χ0v) is 18.2. The van der Waals surface area contributed by atoms with Gasteiger partial charge in [-0.2, -0.15) is 0 Å². The van der Waals surface area contributed by atoms with Crippen LogP contribution in [0.2, 0.25) is 0 Å². The summed E-state index contributed by atoms with van der Waals surface area (Å²) in [4.78, 5) is 29.2. The molecule has 2 fully saturated rings. The van der Waals surface area contributed by atoms with Crippen LogP contribution in [0, 0.1) is 0 Å². The van der Waals surface area contributed by atoms with E-state index in [1.165, 1.54) is 0 Å². The lowest BCUT2D eigenvalue weighted by molar-refractivity contribution is -0.159. The number of hydrogen-bond acceptors (Lipinski definition) is 3. The van der Waals surface area contributed by atoms with E-state index in [2.05, 4.69) is 48.6 Å². The Hall–Kier alpha value is -3.70. The van der Waals surface area contributed by atoms with Gasteiger partial charge >= 0.3 is 0 Å². The first-order valence-corrected chi connectivity index (χ1v) is 11.2. The minimum atomic E-state index is -0.248. The minimum absolute atomic E-state index is 0.00234. The molecule has 2 amide bonds. The fraction of sp³-hybridized carbons (Fsp3) is 0.214. The quantitative estimate of drug-likeness (QED) is 0.619. The molecule has 0 radical (unpaired) electrons. The maximum absolute atomic E-state index is 12.9. The smallest absolute Gasteiger partial charge is 0.254 e. The van der Waals surface area contributed by atoms with Crippen LogP contribution in [0.1, 0.15) is 33.0 Å². The molecule has 2 aliphatic rings. The van der Waals surface area contributed by atoms with Gasteiger partial charge in [0.05, 0.1) is 18.7 Å². The summed E-state index contributed by atoms with van der Waals surface area (Å²) in [7, 11) is 0. The van der Waals surface area contributed by atoms with Crippen LogP contribution >= 0.6 is 0 Å². The Balaban J connectivity index is 1.34. The molecule has 0 spiro atoms. The van der Waals surface area contributed by atoms with E-state index in [9.17, 15) is 14.7 Å². The zero-order valence-electron chi connectivity index (χ0n) is 18.2. The van der Waals surface area contributed by atoms with Crippen LogP contribution in [0.5, 0.6) is 0 Å². The van der Waals surface area contributed by atoms with E-state index in [4.69, 9.17) is 0 Å². The molecule has 2 heterocycles. The van der Waals surface area contributed by atoms with Crippen molar-refractivity contribution in [1.82, 2.24) is 9.80 Å². The average Bonchev–Trinajstić information content (AvgIpc) is 2.85. The van der Waals surface area contributed by atoms with E-state index in [-0.39, 0.29) is 43.0 Å². The molecule has 5 nitrogen and oxygen atoms in total. The van der Waals surface area contributed by atoms with Crippen LogP contribution in [0.15, 0.2) is 84.9 Å². The van der Waals surface area contributed by atoms with Gasteiger partial charge in [0.2, 0.25) is 5.91 Å². The maximum Gasteiger partial charge on any atom is 0.254 e. The Morgan fingerprint density at radius 2 is 1.48 bits per heavy atom. The van der Waals surface area contributed by atoms with E-state index in [0.29, 0.717) is 12.1 Å².